The van der Waals surface area contributed by atoms with Gasteiger partial charge in [-0.1, -0.05) is 13.0 Å². The lowest BCUT2D eigenvalue weighted by Crippen LogP contribution is -1.94. The molecule has 0 N–H and O–H groups in total. The molecule has 0 aliphatic rings. The van der Waals surface area contributed by atoms with E-state index in [1.165, 1.54) is 6.08 Å². The maximum absolute atomic E-state index is 10.9. The summed E-state index contributed by atoms with van der Waals surface area (Å²) in [5.41, 5.74) is 0. The van der Waals surface area contributed by atoms with Crippen molar-refractivity contribution >= 4 is 12.1 Å². The largest absolute Gasteiger partial charge is 0.300 e. The molecule has 0 aliphatic carbocycles. The first-order valence-electron chi connectivity index (χ1n) is 3.93. The predicted octanol–water partition coefficient (Wildman–Crippen LogP) is 1.89. The summed E-state index contributed by atoms with van der Waals surface area (Å²) in [4.78, 5) is 20.7. The van der Waals surface area contributed by atoms with Gasteiger partial charge < -0.3 is 0 Å². The van der Waals surface area contributed by atoms with Gasteiger partial charge in [-0.25, -0.2) is 0 Å². The Hall–Kier alpha value is -0.920. The van der Waals surface area contributed by atoms with Crippen molar-refractivity contribution in [3.05, 3.63) is 12.2 Å². The Morgan fingerprint density at radius 3 is 2.64 bits per heavy atom. The van der Waals surface area contributed by atoms with Crippen molar-refractivity contribution in [1.82, 2.24) is 0 Å². The molecule has 0 fully saturated rings. The number of rotatable bonds is 6. The van der Waals surface area contributed by atoms with E-state index in [1.54, 1.807) is 6.08 Å². The van der Waals surface area contributed by atoms with Crippen molar-refractivity contribution in [3.8, 4) is 0 Å². The molecule has 0 aliphatic heterocycles. The third-order valence-electron chi connectivity index (χ3n) is 1.33. The quantitative estimate of drug-likeness (QED) is 0.432. The minimum absolute atomic E-state index is 0.281. The van der Waals surface area contributed by atoms with Gasteiger partial charge in [0.25, 0.3) is 0 Å². The molecule has 0 atom stereocenters. The van der Waals surface area contributed by atoms with Crippen LogP contribution in [0, 0.1) is 0 Å². The topological polar surface area (TPSA) is 34.1 Å². The maximum atomic E-state index is 10.9. The molecule has 0 heterocycles. The van der Waals surface area contributed by atoms with Crippen LogP contribution < -0.4 is 0 Å². The van der Waals surface area contributed by atoms with Crippen LogP contribution in [-0.2, 0) is 9.59 Å². The Balaban J connectivity index is 3.30. The highest BCUT2D eigenvalue weighted by atomic mass is 16.1. The number of hydrogen-bond donors (Lipinski definition) is 0. The number of hydrogen-bond acceptors (Lipinski definition) is 2. The molecule has 0 aromatic heterocycles. The van der Waals surface area contributed by atoms with Gasteiger partial charge in [0.15, 0.2) is 0 Å². The fourth-order valence-electron chi connectivity index (χ4n) is 0.800. The average molecular weight is 154 g/mol. The van der Waals surface area contributed by atoms with E-state index in [0.29, 0.717) is 19.3 Å². The van der Waals surface area contributed by atoms with Crippen molar-refractivity contribution in [1.29, 1.82) is 0 Å². The van der Waals surface area contributed by atoms with E-state index in [-0.39, 0.29) is 5.78 Å². The van der Waals surface area contributed by atoms with Crippen LogP contribution in [0.5, 0.6) is 0 Å². The molecule has 0 spiro atoms. The van der Waals surface area contributed by atoms with E-state index in [4.69, 9.17) is 0 Å². The summed E-state index contributed by atoms with van der Waals surface area (Å²) in [6.45, 7) is 1.99. The number of carbonyl (C=O) groups is 2. The average Bonchev–Trinajstić information content (AvgIpc) is 1.99. The molecule has 2 nitrogen and oxygen atoms in total. The molecule has 0 saturated heterocycles. The second kappa shape index (κ2) is 7.19. The maximum Gasteiger partial charge on any atom is 0.142 e. The molecular formula is C9H14O2. The van der Waals surface area contributed by atoms with Crippen LogP contribution >= 0.6 is 0 Å². The molecule has 11 heavy (non-hydrogen) atoms. The number of carbonyl (C=O) groups excluding carboxylic acids is 2. The zero-order chi connectivity index (χ0) is 8.53. The smallest absolute Gasteiger partial charge is 0.142 e. The molecule has 0 aromatic carbocycles. The lowest BCUT2D eigenvalue weighted by molar-refractivity contribution is -0.119. The van der Waals surface area contributed by atoms with Gasteiger partial charge in [0.2, 0.25) is 0 Å². The highest BCUT2D eigenvalue weighted by molar-refractivity contribution is 5.78. The molecule has 0 aromatic rings. The van der Waals surface area contributed by atoms with Crippen LogP contribution in [0.25, 0.3) is 0 Å². The highest BCUT2D eigenvalue weighted by Gasteiger charge is 1.96. The number of Topliss-reactive ketones (excluding diaryl/α,β-unsaturated/α-hetero) is 1. The van der Waals surface area contributed by atoms with E-state index in [0.717, 1.165) is 12.7 Å². The third kappa shape index (κ3) is 6.97. The van der Waals surface area contributed by atoms with E-state index >= 15 is 0 Å². The van der Waals surface area contributed by atoms with Crippen molar-refractivity contribution in [2.75, 3.05) is 0 Å². The van der Waals surface area contributed by atoms with Gasteiger partial charge in [0.05, 0.1) is 0 Å². The zero-order valence-corrected chi connectivity index (χ0v) is 6.88. The van der Waals surface area contributed by atoms with Crippen LogP contribution in [-0.4, -0.2) is 12.1 Å². The van der Waals surface area contributed by atoms with Gasteiger partial charge in [-0.05, 0) is 18.9 Å². The molecule has 0 saturated carbocycles. The van der Waals surface area contributed by atoms with Gasteiger partial charge in [-0.2, -0.15) is 0 Å². The van der Waals surface area contributed by atoms with Crippen LogP contribution in [0.1, 0.15) is 32.6 Å². The SMILES string of the molecule is CCCC(=O)CCC=CC=O. The van der Waals surface area contributed by atoms with Gasteiger partial charge in [0, 0.05) is 12.8 Å². The Morgan fingerprint density at radius 1 is 1.36 bits per heavy atom. The van der Waals surface area contributed by atoms with Crippen molar-refractivity contribution in [2.45, 2.75) is 32.6 Å². The Morgan fingerprint density at radius 2 is 2.09 bits per heavy atom. The van der Waals surface area contributed by atoms with E-state index in [2.05, 4.69) is 0 Å². The van der Waals surface area contributed by atoms with Gasteiger partial charge in [0.1, 0.15) is 12.1 Å². The number of aldehydes is 1. The van der Waals surface area contributed by atoms with Gasteiger partial charge in [-0.15, -0.1) is 0 Å². The first-order valence-corrected chi connectivity index (χ1v) is 3.93. The number of allylic oxidation sites excluding steroid dienone is 2. The van der Waals surface area contributed by atoms with Crippen LogP contribution in [0.2, 0.25) is 0 Å². The Bertz CT molecular complexity index is 148. The lowest BCUT2D eigenvalue weighted by atomic mass is 10.1. The van der Waals surface area contributed by atoms with E-state index < -0.39 is 0 Å². The molecule has 0 rings (SSSR count). The number of ketones is 1. The van der Waals surface area contributed by atoms with Crippen LogP contribution in [0.4, 0.5) is 0 Å². The zero-order valence-electron chi connectivity index (χ0n) is 6.88. The van der Waals surface area contributed by atoms with Crippen LogP contribution in [0.3, 0.4) is 0 Å². The molecular weight excluding hydrogens is 140 g/mol. The summed E-state index contributed by atoms with van der Waals surface area (Å²) in [6.07, 6.45) is 6.71. The minimum atomic E-state index is 0.281. The summed E-state index contributed by atoms with van der Waals surface area (Å²) in [5.74, 6) is 0.281. The van der Waals surface area contributed by atoms with Crippen molar-refractivity contribution < 1.29 is 9.59 Å². The summed E-state index contributed by atoms with van der Waals surface area (Å²) >= 11 is 0. The molecule has 0 radical (unpaired) electrons. The fraction of sp³-hybridized carbons (Fsp3) is 0.556. The van der Waals surface area contributed by atoms with Crippen LogP contribution in [0.15, 0.2) is 12.2 Å². The first kappa shape index (κ1) is 10.1. The fourth-order valence-corrected chi connectivity index (χ4v) is 0.800. The van der Waals surface area contributed by atoms with E-state index in [9.17, 15) is 9.59 Å². The van der Waals surface area contributed by atoms with Gasteiger partial charge in [-0.3, -0.25) is 9.59 Å². The van der Waals surface area contributed by atoms with E-state index in [1.807, 2.05) is 6.92 Å². The normalized spacial score (nSPS) is 10.3. The third-order valence-corrected chi connectivity index (χ3v) is 1.33. The van der Waals surface area contributed by atoms with Gasteiger partial charge >= 0.3 is 0 Å². The highest BCUT2D eigenvalue weighted by Crippen LogP contribution is 1.98. The first-order chi connectivity index (χ1) is 5.31. The molecule has 0 amide bonds. The molecule has 0 bridgehead atoms. The molecule has 2 heteroatoms. The van der Waals surface area contributed by atoms with Crippen molar-refractivity contribution in [3.63, 3.8) is 0 Å². The predicted molar refractivity (Wildman–Crippen MR) is 44.4 cm³/mol. The lowest BCUT2D eigenvalue weighted by Gasteiger charge is -1.92. The summed E-state index contributed by atoms with van der Waals surface area (Å²) in [6, 6.07) is 0. The Labute approximate surface area is 67.3 Å². The Kier molecular flexibility index (Phi) is 6.59. The standard InChI is InChI=1S/C9H14O2/c1-2-6-9(11)7-4-3-5-8-10/h3,5,8H,2,4,6-7H2,1H3. The summed E-state index contributed by atoms with van der Waals surface area (Å²) in [7, 11) is 0. The second-order valence-electron chi connectivity index (χ2n) is 2.39. The monoisotopic (exact) mass is 154 g/mol. The van der Waals surface area contributed by atoms with Crippen molar-refractivity contribution in [2.24, 2.45) is 0 Å². The second-order valence-corrected chi connectivity index (χ2v) is 2.39. The summed E-state index contributed by atoms with van der Waals surface area (Å²) in [5, 5.41) is 0. The molecule has 0 unspecified atom stereocenters. The molecule has 62 valence electrons. The minimum Gasteiger partial charge on any atom is -0.300 e. The summed E-state index contributed by atoms with van der Waals surface area (Å²) < 4.78 is 0.